The monoisotopic (exact) mass is 313 g/mol. The molecule has 0 aliphatic heterocycles. The van der Waals surface area contributed by atoms with Crippen LogP contribution in [0.5, 0.6) is 0 Å². The van der Waals surface area contributed by atoms with Gasteiger partial charge in [-0.1, -0.05) is 40.2 Å². The molecule has 0 fully saturated rings. The number of pyridine rings is 1. The SMILES string of the molecule is CCC(C)C(C)NS(=O)(=O)c1ccc(CNC(C)C)cn1. The standard InChI is InChI=1S/C15H27N3O2S/c1-6-12(4)13(5)18-21(19,20)15-8-7-14(10-17-15)9-16-11(2)3/h7-8,10-13,16,18H,6,9H2,1-5H3. The molecule has 5 nitrogen and oxygen atoms in total. The van der Waals surface area contributed by atoms with E-state index in [0.717, 1.165) is 12.0 Å². The number of sulfonamides is 1. The lowest BCUT2D eigenvalue weighted by Crippen LogP contribution is -2.37. The van der Waals surface area contributed by atoms with Crippen LogP contribution < -0.4 is 10.0 Å². The van der Waals surface area contributed by atoms with E-state index in [-0.39, 0.29) is 17.0 Å². The minimum Gasteiger partial charge on any atom is -0.310 e. The van der Waals surface area contributed by atoms with Gasteiger partial charge in [-0.05, 0) is 24.5 Å². The normalized spacial score (nSPS) is 15.1. The van der Waals surface area contributed by atoms with Crippen molar-refractivity contribution in [2.75, 3.05) is 0 Å². The molecule has 0 aliphatic carbocycles. The van der Waals surface area contributed by atoms with Gasteiger partial charge >= 0.3 is 0 Å². The smallest absolute Gasteiger partial charge is 0.258 e. The molecule has 0 saturated heterocycles. The van der Waals surface area contributed by atoms with E-state index < -0.39 is 10.0 Å². The molecule has 0 amide bonds. The number of nitrogens with one attached hydrogen (secondary N) is 2. The van der Waals surface area contributed by atoms with E-state index in [2.05, 4.69) is 28.9 Å². The largest absolute Gasteiger partial charge is 0.310 e. The van der Waals surface area contributed by atoms with Crippen LogP contribution in [0.3, 0.4) is 0 Å². The fourth-order valence-corrected chi connectivity index (χ4v) is 3.05. The van der Waals surface area contributed by atoms with Gasteiger partial charge in [0.2, 0.25) is 0 Å². The second-order valence-corrected chi connectivity index (χ2v) is 7.50. The lowest BCUT2D eigenvalue weighted by Gasteiger charge is -2.19. The predicted octanol–water partition coefficient (Wildman–Crippen LogP) is 2.29. The Balaban J connectivity index is 2.75. The Labute approximate surface area is 128 Å². The van der Waals surface area contributed by atoms with Crippen LogP contribution in [0.4, 0.5) is 0 Å². The van der Waals surface area contributed by atoms with Gasteiger partial charge in [0.25, 0.3) is 10.0 Å². The van der Waals surface area contributed by atoms with Gasteiger partial charge in [0.1, 0.15) is 0 Å². The molecule has 1 aromatic rings. The van der Waals surface area contributed by atoms with Gasteiger partial charge in [-0.3, -0.25) is 0 Å². The zero-order chi connectivity index (χ0) is 16.0. The summed E-state index contributed by atoms with van der Waals surface area (Å²) >= 11 is 0. The quantitative estimate of drug-likeness (QED) is 0.772. The first-order valence-corrected chi connectivity index (χ1v) is 8.95. The van der Waals surface area contributed by atoms with Crippen LogP contribution in [-0.4, -0.2) is 25.5 Å². The van der Waals surface area contributed by atoms with Crippen molar-refractivity contribution >= 4 is 10.0 Å². The second-order valence-electron chi connectivity index (χ2n) is 5.84. The fourth-order valence-electron chi connectivity index (χ4n) is 1.77. The number of nitrogens with zero attached hydrogens (tertiary/aromatic N) is 1. The molecule has 0 radical (unpaired) electrons. The Bertz CT molecular complexity index is 526. The Hall–Kier alpha value is -0.980. The van der Waals surface area contributed by atoms with E-state index in [9.17, 15) is 8.42 Å². The third kappa shape index (κ3) is 5.73. The molecule has 0 saturated carbocycles. The molecule has 1 aromatic heterocycles. The molecule has 0 aliphatic rings. The first-order valence-electron chi connectivity index (χ1n) is 7.47. The molecule has 6 heteroatoms. The zero-order valence-electron chi connectivity index (χ0n) is 13.6. The topological polar surface area (TPSA) is 71.1 Å². The van der Waals surface area contributed by atoms with Crippen molar-refractivity contribution in [3.8, 4) is 0 Å². The maximum absolute atomic E-state index is 12.3. The molecule has 0 aromatic carbocycles. The molecule has 2 N–H and O–H groups in total. The molecular weight excluding hydrogens is 286 g/mol. The van der Waals surface area contributed by atoms with Crippen LogP contribution in [0.2, 0.25) is 0 Å². The molecule has 0 bridgehead atoms. The lowest BCUT2D eigenvalue weighted by molar-refractivity contribution is 0.433. The van der Waals surface area contributed by atoms with E-state index in [0.29, 0.717) is 12.6 Å². The van der Waals surface area contributed by atoms with Crippen LogP contribution >= 0.6 is 0 Å². The first-order chi connectivity index (χ1) is 9.76. The Morgan fingerprint density at radius 2 is 1.86 bits per heavy atom. The van der Waals surface area contributed by atoms with E-state index in [1.165, 1.54) is 0 Å². The Kier molecular flexibility index (Phi) is 6.77. The van der Waals surface area contributed by atoms with Gasteiger partial charge in [0.05, 0.1) is 0 Å². The number of rotatable bonds is 8. The minimum atomic E-state index is -3.54. The zero-order valence-corrected chi connectivity index (χ0v) is 14.4. The molecule has 2 unspecified atom stereocenters. The van der Waals surface area contributed by atoms with E-state index in [1.54, 1.807) is 18.3 Å². The van der Waals surface area contributed by atoms with Gasteiger partial charge in [0.15, 0.2) is 5.03 Å². The number of aromatic nitrogens is 1. The average Bonchev–Trinajstić information content (AvgIpc) is 2.44. The number of hydrogen-bond donors (Lipinski definition) is 2. The summed E-state index contributed by atoms with van der Waals surface area (Å²) in [4.78, 5) is 4.08. The molecule has 0 spiro atoms. The maximum Gasteiger partial charge on any atom is 0.258 e. The van der Waals surface area contributed by atoms with Crippen molar-refractivity contribution in [1.82, 2.24) is 15.0 Å². The summed E-state index contributed by atoms with van der Waals surface area (Å²) in [6, 6.07) is 3.63. The predicted molar refractivity (Wildman–Crippen MR) is 85.5 cm³/mol. The van der Waals surface area contributed by atoms with E-state index in [4.69, 9.17) is 0 Å². The third-order valence-electron chi connectivity index (χ3n) is 3.63. The van der Waals surface area contributed by atoms with Crippen molar-refractivity contribution < 1.29 is 8.42 Å². The molecular formula is C15H27N3O2S. The Morgan fingerprint density at radius 3 is 2.33 bits per heavy atom. The van der Waals surface area contributed by atoms with Crippen LogP contribution in [-0.2, 0) is 16.6 Å². The van der Waals surface area contributed by atoms with Gasteiger partial charge in [-0.25, -0.2) is 18.1 Å². The van der Waals surface area contributed by atoms with Gasteiger partial charge in [0, 0.05) is 24.8 Å². The van der Waals surface area contributed by atoms with Crippen molar-refractivity contribution in [1.29, 1.82) is 0 Å². The highest BCUT2D eigenvalue weighted by Gasteiger charge is 2.21. The minimum absolute atomic E-state index is 0.0750. The van der Waals surface area contributed by atoms with Crippen LogP contribution in [0.15, 0.2) is 23.4 Å². The van der Waals surface area contributed by atoms with Gasteiger partial charge < -0.3 is 5.32 Å². The van der Waals surface area contributed by atoms with Crippen molar-refractivity contribution in [3.63, 3.8) is 0 Å². The molecule has 2 atom stereocenters. The summed E-state index contributed by atoms with van der Waals surface area (Å²) < 4.78 is 27.2. The molecule has 1 heterocycles. The van der Waals surface area contributed by atoms with Gasteiger partial charge in [-0.2, -0.15) is 0 Å². The highest BCUT2D eigenvalue weighted by molar-refractivity contribution is 7.89. The van der Waals surface area contributed by atoms with Crippen LogP contribution in [0, 0.1) is 5.92 Å². The fraction of sp³-hybridized carbons (Fsp3) is 0.667. The summed E-state index contributed by atoms with van der Waals surface area (Å²) in [5.41, 5.74) is 0.970. The summed E-state index contributed by atoms with van der Waals surface area (Å²) in [6.45, 7) is 10.8. The average molecular weight is 313 g/mol. The summed E-state index contributed by atoms with van der Waals surface area (Å²) in [5.74, 6) is 0.286. The highest BCUT2D eigenvalue weighted by atomic mass is 32.2. The molecule has 1 rings (SSSR count). The van der Waals surface area contributed by atoms with Crippen LogP contribution in [0.1, 0.15) is 46.6 Å². The third-order valence-corrected chi connectivity index (χ3v) is 5.10. The molecule has 21 heavy (non-hydrogen) atoms. The van der Waals surface area contributed by atoms with E-state index >= 15 is 0 Å². The van der Waals surface area contributed by atoms with Gasteiger partial charge in [-0.15, -0.1) is 0 Å². The summed E-state index contributed by atoms with van der Waals surface area (Å²) in [7, 11) is -3.54. The molecule has 120 valence electrons. The summed E-state index contributed by atoms with van der Waals surface area (Å²) in [6.07, 6.45) is 2.54. The maximum atomic E-state index is 12.3. The van der Waals surface area contributed by atoms with Crippen molar-refractivity contribution in [2.24, 2.45) is 5.92 Å². The van der Waals surface area contributed by atoms with E-state index in [1.807, 2.05) is 20.8 Å². The highest BCUT2D eigenvalue weighted by Crippen LogP contribution is 2.12. The summed E-state index contributed by atoms with van der Waals surface area (Å²) in [5, 5.41) is 3.34. The first kappa shape index (κ1) is 18.1. The Morgan fingerprint density at radius 1 is 1.19 bits per heavy atom. The number of hydrogen-bond acceptors (Lipinski definition) is 4. The van der Waals surface area contributed by atoms with Crippen molar-refractivity contribution in [2.45, 2.75) is 64.7 Å². The lowest BCUT2D eigenvalue weighted by atomic mass is 10.0. The van der Waals surface area contributed by atoms with Crippen LogP contribution in [0.25, 0.3) is 0 Å². The second kappa shape index (κ2) is 7.87. The van der Waals surface area contributed by atoms with Crippen molar-refractivity contribution in [3.05, 3.63) is 23.9 Å².